The van der Waals surface area contributed by atoms with E-state index in [2.05, 4.69) is 5.32 Å². The lowest BCUT2D eigenvalue weighted by atomic mass is 9.90. The Morgan fingerprint density at radius 3 is 2.52 bits per heavy atom. The van der Waals surface area contributed by atoms with E-state index >= 15 is 0 Å². The third-order valence-electron chi connectivity index (χ3n) is 3.20. The van der Waals surface area contributed by atoms with E-state index in [0.29, 0.717) is 10.7 Å². The van der Waals surface area contributed by atoms with Crippen molar-refractivity contribution in [2.75, 3.05) is 5.32 Å². The summed E-state index contributed by atoms with van der Waals surface area (Å²) < 4.78 is 27.4. The average molecular weight is 311 g/mol. The van der Waals surface area contributed by atoms with Gasteiger partial charge in [0, 0.05) is 16.3 Å². The lowest BCUT2D eigenvalue weighted by Crippen LogP contribution is -2.46. The maximum atomic E-state index is 14.0. The molecule has 1 amide bonds. The number of amides is 1. The number of halogens is 3. The highest BCUT2D eigenvalue weighted by molar-refractivity contribution is 6.30. The molecule has 0 aliphatic rings. The Bertz CT molecular complexity index is 693. The molecule has 1 unspecified atom stereocenters. The third-order valence-corrected chi connectivity index (χ3v) is 3.44. The molecule has 0 radical (unpaired) electrons. The first kappa shape index (κ1) is 15.3. The van der Waals surface area contributed by atoms with Crippen LogP contribution in [0.5, 0.6) is 0 Å². The van der Waals surface area contributed by atoms with E-state index in [1.807, 2.05) is 0 Å². The number of carbonyl (C=O) groups is 1. The number of primary amides is 1. The molecule has 0 saturated carbocycles. The van der Waals surface area contributed by atoms with Gasteiger partial charge in [-0.05, 0) is 31.2 Å². The summed E-state index contributed by atoms with van der Waals surface area (Å²) in [5.41, 5.74) is 4.06. The first-order valence-corrected chi connectivity index (χ1v) is 6.50. The summed E-state index contributed by atoms with van der Waals surface area (Å²) in [6.45, 7) is 1.38. The fourth-order valence-corrected chi connectivity index (χ4v) is 2.20. The number of nitrogens with one attached hydrogen (secondary N) is 1. The van der Waals surface area contributed by atoms with Gasteiger partial charge in [0.05, 0.1) is 0 Å². The van der Waals surface area contributed by atoms with Gasteiger partial charge in [0.25, 0.3) is 0 Å². The quantitative estimate of drug-likeness (QED) is 0.909. The second-order valence-corrected chi connectivity index (χ2v) is 5.16. The van der Waals surface area contributed by atoms with Gasteiger partial charge in [-0.2, -0.15) is 0 Å². The number of hydrogen-bond acceptors (Lipinski definition) is 2. The van der Waals surface area contributed by atoms with Crippen LogP contribution < -0.4 is 11.1 Å². The maximum Gasteiger partial charge on any atom is 0.247 e. The van der Waals surface area contributed by atoms with Crippen molar-refractivity contribution in [1.82, 2.24) is 0 Å². The second kappa shape index (κ2) is 5.69. The summed E-state index contributed by atoms with van der Waals surface area (Å²) in [4.78, 5) is 11.8. The summed E-state index contributed by atoms with van der Waals surface area (Å²) in [6, 6.07) is 10.1. The van der Waals surface area contributed by atoms with Gasteiger partial charge in [-0.15, -0.1) is 0 Å². The SMILES string of the molecule is CC(Nc1cccc(Cl)c1)(C(N)=O)c1cccc(F)c1F. The molecule has 3 N–H and O–H groups in total. The van der Waals surface area contributed by atoms with Crippen LogP contribution in [0.2, 0.25) is 5.02 Å². The zero-order valence-electron chi connectivity index (χ0n) is 11.2. The Balaban J connectivity index is 2.51. The number of benzene rings is 2. The minimum Gasteiger partial charge on any atom is -0.368 e. The van der Waals surface area contributed by atoms with Crippen molar-refractivity contribution in [1.29, 1.82) is 0 Å². The van der Waals surface area contributed by atoms with Gasteiger partial charge in [0.15, 0.2) is 11.6 Å². The highest BCUT2D eigenvalue weighted by atomic mass is 35.5. The molecule has 0 saturated heterocycles. The Morgan fingerprint density at radius 2 is 1.90 bits per heavy atom. The van der Waals surface area contributed by atoms with Gasteiger partial charge in [-0.3, -0.25) is 4.79 Å². The minimum atomic E-state index is -1.61. The lowest BCUT2D eigenvalue weighted by Gasteiger charge is -2.29. The van der Waals surface area contributed by atoms with Crippen molar-refractivity contribution in [3.05, 3.63) is 64.7 Å². The Hall–Kier alpha value is -2.14. The van der Waals surface area contributed by atoms with Crippen LogP contribution >= 0.6 is 11.6 Å². The molecule has 2 rings (SSSR count). The average Bonchev–Trinajstić information content (AvgIpc) is 2.41. The molecule has 0 heterocycles. The lowest BCUT2D eigenvalue weighted by molar-refractivity contribution is -0.122. The molecule has 2 aromatic carbocycles. The van der Waals surface area contributed by atoms with Gasteiger partial charge in [0.1, 0.15) is 5.54 Å². The molecule has 110 valence electrons. The first-order chi connectivity index (χ1) is 9.84. The normalized spacial score (nSPS) is 13.5. The zero-order valence-corrected chi connectivity index (χ0v) is 11.9. The van der Waals surface area contributed by atoms with E-state index in [4.69, 9.17) is 17.3 Å². The highest BCUT2D eigenvalue weighted by Crippen LogP contribution is 2.30. The molecule has 2 aromatic rings. The van der Waals surface area contributed by atoms with Crippen LogP contribution in [0.4, 0.5) is 14.5 Å². The van der Waals surface area contributed by atoms with E-state index in [1.165, 1.54) is 19.1 Å². The van der Waals surface area contributed by atoms with Crippen molar-refractivity contribution in [2.45, 2.75) is 12.5 Å². The van der Waals surface area contributed by atoms with E-state index in [0.717, 1.165) is 6.07 Å². The first-order valence-electron chi connectivity index (χ1n) is 6.13. The fourth-order valence-electron chi connectivity index (χ4n) is 2.01. The predicted molar refractivity (Wildman–Crippen MR) is 78.0 cm³/mol. The standard InChI is InChI=1S/C15H13ClF2N2O/c1-15(14(19)21,11-6-3-7-12(17)13(11)18)20-10-5-2-4-9(16)8-10/h2-8,20H,1H3,(H2,19,21). The largest absolute Gasteiger partial charge is 0.368 e. The van der Waals surface area contributed by atoms with E-state index in [1.54, 1.807) is 24.3 Å². The van der Waals surface area contributed by atoms with Crippen LogP contribution in [0.25, 0.3) is 0 Å². The number of carbonyl (C=O) groups excluding carboxylic acids is 1. The number of rotatable bonds is 4. The maximum absolute atomic E-state index is 14.0. The molecule has 3 nitrogen and oxygen atoms in total. The van der Waals surface area contributed by atoms with Gasteiger partial charge >= 0.3 is 0 Å². The number of nitrogens with two attached hydrogens (primary N) is 1. The molecule has 6 heteroatoms. The van der Waals surface area contributed by atoms with Crippen molar-refractivity contribution < 1.29 is 13.6 Å². The molecule has 0 bridgehead atoms. The number of anilines is 1. The van der Waals surface area contributed by atoms with Crippen LogP contribution in [-0.2, 0) is 10.3 Å². The summed E-state index contributed by atoms with van der Waals surface area (Å²) in [6.07, 6.45) is 0. The summed E-state index contributed by atoms with van der Waals surface area (Å²) >= 11 is 5.87. The molecule has 0 fully saturated rings. The van der Waals surface area contributed by atoms with Gasteiger partial charge in [-0.25, -0.2) is 8.78 Å². The fraction of sp³-hybridized carbons (Fsp3) is 0.133. The van der Waals surface area contributed by atoms with E-state index in [9.17, 15) is 13.6 Å². The summed E-state index contributed by atoms with van der Waals surface area (Å²) in [5.74, 6) is -3.01. The Kier molecular flexibility index (Phi) is 4.14. The number of hydrogen-bond donors (Lipinski definition) is 2. The molecule has 1 atom stereocenters. The molecular formula is C15H13ClF2N2O. The van der Waals surface area contributed by atoms with Crippen LogP contribution in [0, 0.1) is 11.6 Å². The van der Waals surface area contributed by atoms with Crippen molar-refractivity contribution in [3.63, 3.8) is 0 Å². The minimum absolute atomic E-state index is 0.171. The van der Waals surface area contributed by atoms with E-state index < -0.39 is 23.1 Å². The van der Waals surface area contributed by atoms with Crippen LogP contribution in [-0.4, -0.2) is 5.91 Å². The Labute approximate surface area is 125 Å². The summed E-state index contributed by atoms with van der Waals surface area (Å²) in [7, 11) is 0. The zero-order chi connectivity index (χ0) is 15.6. The van der Waals surface area contributed by atoms with Gasteiger partial charge in [0.2, 0.25) is 5.91 Å². The van der Waals surface area contributed by atoms with Crippen molar-refractivity contribution >= 4 is 23.2 Å². The molecule has 21 heavy (non-hydrogen) atoms. The van der Waals surface area contributed by atoms with Crippen LogP contribution in [0.3, 0.4) is 0 Å². The Morgan fingerprint density at radius 1 is 1.24 bits per heavy atom. The van der Waals surface area contributed by atoms with Crippen molar-refractivity contribution in [3.8, 4) is 0 Å². The van der Waals surface area contributed by atoms with E-state index in [-0.39, 0.29) is 5.56 Å². The predicted octanol–water partition coefficient (Wildman–Crippen LogP) is 3.43. The van der Waals surface area contributed by atoms with Gasteiger partial charge in [-0.1, -0.05) is 29.8 Å². The topological polar surface area (TPSA) is 55.1 Å². The van der Waals surface area contributed by atoms with Crippen molar-refractivity contribution in [2.24, 2.45) is 5.73 Å². The second-order valence-electron chi connectivity index (χ2n) is 4.73. The summed E-state index contributed by atoms with van der Waals surface area (Å²) in [5, 5.41) is 3.25. The molecular weight excluding hydrogens is 298 g/mol. The van der Waals surface area contributed by atoms with Crippen LogP contribution in [0.15, 0.2) is 42.5 Å². The smallest absolute Gasteiger partial charge is 0.247 e. The van der Waals surface area contributed by atoms with Crippen LogP contribution in [0.1, 0.15) is 12.5 Å². The molecule has 0 aliphatic carbocycles. The molecule has 0 aliphatic heterocycles. The molecule has 0 aromatic heterocycles. The monoisotopic (exact) mass is 310 g/mol. The van der Waals surface area contributed by atoms with Gasteiger partial charge < -0.3 is 11.1 Å². The molecule has 0 spiro atoms. The highest BCUT2D eigenvalue weighted by Gasteiger charge is 2.36. The third kappa shape index (κ3) is 2.97.